The summed E-state index contributed by atoms with van der Waals surface area (Å²) in [5.41, 5.74) is 7.40. The molecule has 0 saturated carbocycles. The zero-order valence-electron chi connectivity index (χ0n) is 35.0. The molecular weight excluding hydrogens is 820 g/mol. The summed E-state index contributed by atoms with van der Waals surface area (Å²) in [4.78, 5) is 15.4. The third kappa shape index (κ3) is 12.5. The van der Waals surface area contributed by atoms with Crippen LogP contribution >= 0.6 is 11.6 Å². The van der Waals surface area contributed by atoms with Gasteiger partial charge < -0.3 is 9.64 Å². The SMILES string of the molecule is CCOC(=O)C1CC(/C=C/C(C)=[N+](CCCCS(=O)(=O)O)c2ccc3ccccc3c2C)=C(Cl)C(=C/C=C(\C)N(CCCCS(=O)(=O)O)c2ccc3ccccc3c2C)/C1. The van der Waals surface area contributed by atoms with Gasteiger partial charge in [-0.25, -0.2) is 0 Å². The fourth-order valence-electron chi connectivity index (χ4n) is 7.82. The minimum absolute atomic E-state index is 0.248. The highest BCUT2D eigenvalue weighted by Gasteiger charge is 2.29. The maximum absolute atomic E-state index is 13.3. The minimum Gasteiger partial charge on any atom is -0.466 e. The van der Waals surface area contributed by atoms with Crippen LogP contribution in [0.15, 0.2) is 119 Å². The van der Waals surface area contributed by atoms with E-state index in [9.17, 15) is 30.7 Å². The molecule has 0 spiro atoms. The second-order valence-corrected chi connectivity index (χ2v) is 18.8. The van der Waals surface area contributed by atoms with E-state index >= 15 is 0 Å². The number of rotatable bonds is 18. The Morgan fingerprint density at radius 1 is 0.833 bits per heavy atom. The van der Waals surface area contributed by atoms with Crippen LogP contribution in [0.5, 0.6) is 0 Å². The van der Waals surface area contributed by atoms with Gasteiger partial charge in [-0.05, 0) is 116 Å². The van der Waals surface area contributed by atoms with Crippen LogP contribution in [0.25, 0.3) is 21.5 Å². The molecule has 4 aromatic carbocycles. The van der Waals surface area contributed by atoms with Gasteiger partial charge in [-0.15, -0.1) is 0 Å². The Kier molecular flexibility index (Phi) is 16.1. The quantitative estimate of drug-likeness (QED) is 0.0328. The molecule has 4 aromatic rings. The van der Waals surface area contributed by atoms with E-state index in [1.54, 1.807) is 6.92 Å². The minimum atomic E-state index is -4.08. The summed E-state index contributed by atoms with van der Waals surface area (Å²) in [6.45, 7) is 11.1. The van der Waals surface area contributed by atoms with Crippen LogP contribution in [0, 0.1) is 19.8 Å². The molecule has 0 fully saturated rings. The van der Waals surface area contributed by atoms with Crippen molar-refractivity contribution in [3.8, 4) is 0 Å². The Labute approximate surface area is 360 Å². The number of carbonyl (C=O) groups is 1. The predicted molar refractivity (Wildman–Crippen MR) is 245 cm³/mol. The lowest BCUT2D eigenvalue weighted by molar-refractivity contribution is -0.441. The number of hydrogen-bond acceptors (Lipinski definition) is 7. The van der Waals surface area contributed by atoms with Gasteiger partial charge in [-0.2, -0.15) is 21.4 Å². The highest BCUT2D eigenvalue weighted by Crippen LogP contribution is 2.38. The maximum Gasteiger partial charge on any atom is 0.309 e. The molecule has 1 aliphatic rings. The first-order valence-corrected chi connectivity index (χ1v) is 23.9. The average molecular weight is 877 g/mol. The largest absolute Gasteiger partial charge is 0.466 e. The van der Waals surface area contributed by atoms with Crippen molar-refractivity contribution in [2.24, 2.45) is 5.92 Å². The van der Waals surface area contributed by atoms with Gasteiger partial charge in [0, 0.05) is 54.0 Å². The van der Waals surface area contributed by atoms with Crippen LogP contribution < -0.4 is 4.90 Å². The van der Waals surface area contributed by atoms with Crippen molar-refractivity contribution in [2.45, 2.75) is 73.1 Å². The van der Waals surface area contributed by atoms with Gasteiger partial charge in [0.05, 0.1) is 24.0 Å². The number of aryl methyl sites for hydroxylation is 2. The number of unbranched alkanes of at least 4 members (excludes halogenated alkanes) is 2. The topological polar surface area (TPSA) is 141 Å². The van der Waals surface area contributed by atoms with Crippen LogP contribution in [0.4, 0.5) is 11.4 Å². The molecule has 2 N–H and O–H groups in total. The fraction of sp³-hybridized carbons (Fsp3) is 0.362. The Morgan fingerprint density at radius 2 is 1.43 bits per heavy atom. The highest BCUT2D eigenvalue weighted by atomic mass is 35.5. The van der Waals surface area contributed by atoms with Gasteiger partial charge in [0.15, 0.2) is 5.71 Å². The van der Waals surface area contributed by atoms with Gasteiger partial charge in [-0.1, -0.05) is 78.4 Å². The molecule has 0 amide bonds. The highest BCUT2D eigenvalue weighted by molar-refractivity contribution is 7.86. The lowest BCUT2D eigenvalue weighted by atomic mass is 9.85. The van der Waals surface area contributed by atoms with E-state index in [2.05, 4.69) is 71.9 Å². The number of benzene rings is 4. The lowest BCUT2D eigenvalue weighted by Crippen LogP contribution is -2.24. The number of carbonyl (C=O) groups excluding carboxylic acids is 1. The molecule has 0 radical (unpaired) electrons. The second kappa shape index (κ2) is 20.8. The number of anilines is 1. The van der Waals surface area contributed by atoms with Gasteiger partial charge >= 0.3 is 5.97 Å². The zero-order chi connectivity index (χ0) is 43.6. The Bertz CT molecular complexity index is 2610. The summed E-state index contributed by atoms with van der Waals surface area (Å²) in [7, 11) is -8.17. The standard InChI is InChI=1S/C47H55ClN2O8S2/c1-6-58-47(51)41-31-39(21-19-33(2)49(27-11-13-29-59(52,53)54)44-25-23-37-15-7-9-17-42(37)35(44)4)46(48)40(32-41)22-20-34(3)50(28-12-14-30-60(55,56)57)45-26-24-38-16-8-10-18-43(38)36(45)5/h7-10,15-26,41H,6,11-14,27-32H2,1-5H3,(H-,52,53,54,55,56,57)/p+1. The maximum atomic E-state index is 13.3. The van der Waals surface area contributed by atoms with Crippen molar-refractivity contribution in [1.82, 2.24) is 0 Å². The number of nitrogens with zero attached hydrogens (tertiary/aromatic N) is 2. The first kappa shape index (κ1) is 46.5. The molecule has 60 heavy (non-hydrogen) atoms. The van der Waals surface area contributed by atoms with E-state index in [1.807, 2.05) is 62.4 Å². The third-order valence-corrected chi connectivity index (χ3v) is 13.1. The van der Waals surface area contributed by atoms with E-state index in [-0.39, 0.29) is 24.1 Å². The molecule has 13 heteroatoms. The molecule has 0 bridgehead atoms. The monoisotopic (exact) mass is 875 g/mol. The molecular formula is C47H56ClN2O8S2+. The molecule has 1 aliphatic carbocycles. The first-order chi connectivity index (χ1) is 28.5. The molecule has 0 heterocycles. The summed E-state index contributed by atoms with van der Waals surface area (Å²) in [5.74, 6) is -1.41. The molecule has 10 nitrogen and oxygen atoms in total. The number of ether oxygens (including phenoxy) is 1. The Balaban J connectivity index is 1.54. The first-order valence-electron chi connectivity index (χ1n) is 20.3. The van der Waals surface area contributed by atoms with Gasteiger partial charge in [0.25, 0.3) is 20.2 Å². The third-order valence-electron chi connectivity index (χ3n) is 11.0. The molecule has 5 rings (SSSR count). The van der Waals surface area contributed by atoms with Crippen molar-refractivity contribution >= 4 is 76.4 Å². The fourth-order valence-corrected chi connectivity index (χ4v) is 9.24. The van der Waals surface area contributed by atoms with Crippen molar-refractivity contribution in [1.29, 1.82) is 0 Å². The summed E-state index contributed by atoms with van der Waals surface area (Å²) in [6, 6.07) is 24.5. The molecule has 0 saturated heterocycles. The van der Waals surface area contributed by atoms with Crippen molar-refractivity contribution < 1.29 is 40.0 Å². The normalized spacial score (nSPS) is 16.6. The molecule has 0 aromatic heterocycles. The smallest absolute Gasteiger partial charge is 0.309 e. The van der Waals surface area contributed by atoms with E-state index in [0.29, 0.717) is 56.6 Å². The van der Waals surface area contributed by atoms with E-state index in [0.717, 1.165) is 66.6 Å². The lowest BCUT2D eigenvalue weighted by Gasteiger charge is -2.28. The molecule has 320 valence electrons. The Morgan fingerprint density at radius 3 is 2.07 bits per heavy atom. The van der Waals surface area contributed by atoms with Crippen molar-refractivity contribution in [2.75, 3.05) is 36.1 Å². The number of fused-ring (bicyclic) bond motifs is 2. The van der Waals surface area contributed by atoms with E-state index in [1.165, 1.54) is 0 Å². The van der Waals surface area contributed by atoms with Crippen LogP contribution in [0.3, 0.4) is 0 Å². The summed E-state index contributed by atoms with van der Waals surface area (Å²) < 4.78 is 72.3. The van der Waals surface area contributed by atoms with E-state index < -0.39 is 26.2 Å². The summed E-state index contributed by atoms with van der Waals surface area (Å²) in [5, 5.41) is 4.97. The molecule has 0 aliphatic heterocycles. The van der Waals surface area contributed by atoms with Gasteiger partial charge in [-0.3, -0.25) is 13.9 Å². The van der Waals surface area contributed by atoms with E-state index in [4.69, 9.17) is 16.3 Å². The van der Waals surface area contributed by atoms with Gasteiger partial charge in [0.1, 0.15) is 6.54 Å². The van der Waals surface area contributed by atoms with Crippen LogP contribution in [0.1, 0.15) is 70.4 Å². The van der Waals surface area contributed by atoms with Gasteiger partial charge in [0.2, 0.25) is 5.69 Å². The molecule has 1 unspecified atom stereocenters. The molecule has 1 atom stereocenters. The second-order valence-electron chi connectivity index (χ2n) is 15.3. The number of allylic oxidation sites excluding steroid dienone is 8. The summed E-state index contributed by atoms with van der Waals surface area (Å²) in [6.07, 6.45) is 10.2. The predicted octanol–water partition coefficient (Wildman–Crippen LogP) is 10.4. The van der Waals surface area contributed by atoms with Crippen molar-refractivity contribution in [3.63, 3.8) is 0 Å². The average Bonchev–Trinajstić information content (AvgIpc) is 3.20. The van der Waals surface area contributed by atoms with Crippen LogP contribution in [0.2, 0.25) is 0 Å². The van der Waals surface area contributed by atoms with Crippen LogP contribution in [-0.4, -0.2) is 73.4 Å². The number of esters is 1. The van der Waals surface area contributed by atoms with Crippen molar-refractivity contribution in [3.05, 3.63) is 130 Å². The number of halogens is 1. The summed E-state index contributed by atoms with van der Waals surface area (Å²) >= 11 is 7.21. The Hall–Kier alpha value is -4.59. The number of hydrogen-bond donors (Lipinski definition) is 2. The zero-order valence-corrected chi connectivity index (χ0v) is 37.4. The van der Waals surface area contributed by atoms with Crippen LogP contribution in [-0.2, 0) is 29.8 Å².